The molecule has 0 saturated heterocycles. The number of pyridine rings is 2. The Balaban J connectivity index is 1.46. The second kappa shape index (κ2) is 9.67. The van der Waals surface area contributed by atoms with Crippen molar-refractivity contribution in [3.05, 3.63) is 70.2 Å². The van der Waals surface area contributed by atoms with Crippen LogP contribution in [0.2, 0.25) is 0 Å². The number of aryl methyl sites for hydroxylation is 3. The van der Waals surface area contributed by atoms with Gasteiger partial charge in [0.1, 0.15) is 5.82 Å². The molecule has 0 saturated carbocycles. The van der Waals surface area contributed by atoms with Gasteiger partial charge >= 0.3 is 11.7 Å². The van der Waals surface area contributed by atoms with Crippen LogP contribution in [0.3, 0.4) is 0 Å². The van der Waals surface area contributed by atoms with Crippen LogP contribution in [0.1, 0.15) is 42.1 Å². The van der Waals surface area contributed by atoms with Gasteiger partial charge in [0.05, 0.1) is 19.6 Å². The predicted molar refractivity (Wildman–Crippen MR) is 119 cm³/mol. The van der Waals surface area contributed by atoms with Crippen molar-refractivity contribution >= 4 is 11.8 Å². The molecular formula is C23H27N5O4. The van der Waals surface area contributed by atoms with Crippen molar-refractivity contribution in [1.29, 1.82) is 0 Å². The highest BCUT2D eigenvalue weighted by Crippen LogP contribution is 2.22. The summed E-state index contributed by atoms with van der Waals surface area (Å²) in [7, 11) is 1.51. The monoisotopic (exact) mass is 437 g/mol. The van der Waals surface area contributed by atoms with E-state index in [0.717, 1.165) is 43.7 Å². The lowest BCUT2D eigenvalue weighted by molar-refractivity contribution is -0.137. The van der Waals surface area contributed by atoms with Crippen molar-refractivity contribution in [2.45, 2.75) is 44.7 Å². The quantitative estimate of drug-likeness (QED) is 0.529. The first-order chi connectivity index (χ1) is 15.5. The third kappa shape index (κ3) is 4.82. The fourth-order valence-corrected chi connectivity index (χ4v) is 4.03. The molecule has 32 heavy (non-hydrogen) atoms. The van der Waals surface area contributed by atoms with Crippen LogP contribution in [0.15, 0.2) is 47.7 Å². The minimum Gasteiger partial charge on any atom is -0.481 e. The van der Waals surface area contributed by atoms with Gasteiger partial charge in [-0.1, -0.05) is 12.1 Å². The number of carbonyl (C=O) groups is 1. The molecule has 0 amide bonds. The van der Waals surface area contributed by atoms with Gasteiger partial charge < -0.3 is 15.2 Å². The smallest absolute Gasteiger partial charge is 0.328 e. The summed E-state index contributed by atoms with van der Waals surface area (Å²) < 4.78 is 8.14. The summed E-state index contributed by atoms with van der Waals surface area (Å²) in [6.45, 7) is 1.48. The van der Waals surface area contributed by atoms with E-state index in [-0.39, 0.29) is 12.1 Å². The van der Waals surface area contributed by atoms with Crippen LogP contribution in [-0.2, 0) is 24.2 Å². The van der Waals surface area contributed by atoms with E-state index in [1.165, 1.54) is 17.2 Å². The number of aliphatic carboxylic acids is 1. The summed E-state index contributed by atoms with van der Waals surface area (Å²) in [4.78, 5) is 33.3. The molecule has 0 radical (unpaired) electrons. The summed E-state index contributed by atoms with van der Waals surface area (Å²) in [5.41, 5.74) is 2.65. The van der Waals surface area contributed by atoms with Crippen molar-refractivity contribution in [3.8, 4) is 5.88 Å². The number of hydrogen-bond donors (Lipinski definition) is 2. The lowest BCUT2D eigenvalue weighted by Gasteiger charge is -2.17. The van der Waals surface area contributed by atoms with Crippen LogP contribution >= 0.6 is 0 Å². The van der Waals surface area contributed by atoms with E-state index in [9.17, 15) is 14.7 Å². The molecule has 0 aromatic carbocycles. The van der Waals surface area contributed by atoms with Crippen LogP contribution in [0.4, 0.5) is 5.82 Å². The maximum absolute atomic E-state index is 13.0. The van der Waals surface area contributed by atoms with Gasteiger partial charge in [-0.05, 0) is 42.9 Å². The van der Waals surface area contributed by atoms with Gasteiger partial charge in [-0.3, -0.25) is 13.9 Å². The number of fused-ring (bicyclic) bond motifs is 1. The zero-order chi connectivity index (χ0) is 22.5. The Kier molecular flexibility index (Phi) is 6.53. The second-order valence-electron chi connectivity index (χ2n) is 7.87. The first-order valence-corrected chi connectivity index (χ1v) is 10.8. The number of ether oxygens (including phenoxy) is 1. The molecule has 4 rings (SSSR count). The number of nitrogens with zero attached hydrogens (tertiary/aromatic N) is 4. The predicted octanol–water partition coefficient (Wildman–Crippen LogP) is 2.50. The van der Waals surface area contributed by atoms with Gasteiger partial charge in [0.25, 0.3) is 0 Å². The molecule has 2 N–H and O–H groups in total. The largest absolute Gasteiger partial charge is 0.481 e. The number of hydrogen-bond acceptors (Lipinski definition) is 6. The number of carboxylic acids is 1. The molecule has 0 bridgehead atoms. The first kappa shape index (κ1) is 21.6. The minimum atomic E-state index is -0.988. The van der Waals surface area contributed by atoms with Crippen molar-refractivity contribution in [1.82, 2.24) is 19.1 Å². The lowest BCUT2D eigenvalue weighted by Crippen LogP contribution is -2.29. The highest BCUT2D eigenvalue weighted by molar-refractivity contribution is 5.68. The van der Waals surface area contributed by atoms with Crippen molar-refractivity contribution in [3.63, 3.8) is 0 Å². The standard InChI is InChI=1S/C23H27N5O4/c1-32-20-9-7-17(15-25-20)19(14-21(29)30)28-13-12-27(23(28)31)11-3-5-18-8-6-16-4-2-10-24-22(16)26-18/h6-9,12-13,15,19H,2-5,10-11,14H2,1H3,(H,24,26)(H,29,30). The minimum absolute atomic E-state index is 0.218. The van der Waals surface area contributed by atoms with E-state index < -0.39 is 12.0 Å². The summed E-state index contributed by atoms with van der Waals surface area (Å²) in [6.07, 6.45) is 8.37. The van der Waals surface area contributed by atoms with E-state index in [4.69, 9.17) is 9.72 Å². The summed E-state index contributed by atoms with van der Waals surface area (Å²) in [5, 5.41) is 12.7. The SMILES string of the molecule is COc1ccc(C(CC(=O)O)n2ccn(CCCc3ccc4c(n3)NCCC4)c2=O)cn1. The van der Waals surface area contributed by atoms with Gasteiger partial charge in [-0.15, -0.1) is 0 Å². The number of imidazole rings is 1. The van der Waals surface area contributed by atoms with Gasteiger partial charge in [0.15, 0.2) is 0 Å². The molecule has 0 fully saturated rings. The molecule has 168 valence electrons. The Morgan fingerprint density at radius 3 is 2.91 bits per heavy atom. The van der Waals surface area contributed by atoms with Crippen LogP contribution in [-0.4, -0.2) is 43.8 Å². The molecule has 3 aromatic heterocycles. The van der Waals surface area contributed by atoms with Gasteiger partial charge in [0, 0.05) is 43.4 Å². The van der Waals surface area contributed by atoms with E-state index in [2.05, 4.69) is 22.4 Å². The zero-order valence-electron chi connectivity index (χ0n) is 18.0. The summed E-state index contributed by atoms with van der Waals surface area (Å²) >= 11 is 0. The molecule has 9 nitrogen and oxygen atoms in total. The van der Waals surface area contributed by atoms with E-state index in [1.54, 1.807) is 35.3 Å². The molecule has 1 aliphatic rings. The normalized spacial score (nSPS) is 13.8. The Morgan fingerprint density at radius 2 is 2.16 bits per heavy atom. The molecule has 1 unspecified atom stereocenters. The zero-order valence-corrected chi connectivity index (χ0v) is 18.0. The van der Waals surface area contributed by atoms with Crippen LogP contribution in [0, 0.1) is 0 Å². The molecule has 0 spiro atoms. The molecule has 3 aromatic rings. The van der Waals surface area contributed by atoms with Gasteiger partial charge in [0.2, 0.25) is 5.88 Å². The Hall–Kier alpha value is -3.62. The van der Waals surface area contributed by atoms with E-state index >= 15 is 0 Å². The fourth-order valence-electron chi connectivity index (χ4n) is 4.03. The van der Waals surface area contributed by atoms with Crippen molar-refractivity contribution < 1.29 is 14.6 Å². The topological polar surface area (TPSA) is 111 Å². The Bertz CT molecular complexity index is 1140. The summed E-state index contributed by atoms with van der Waals surface area (Å²) in [5.74, 6) is 0.415. The Labute approximate surface area is 185 Å². The summed E-state index contributed by atoms with van der Waals surface area (Å²) in [6, 6.07) is 6.93. The van der Waals surface area contributed by atoms with Gasteiger partial charge in [-0.25, -0.2) is 14.8 Å². The molecular weight excluding hydrogens is 410 g/mol. The average Bonchev–Trinajstić information content (AvgIpc) is 3.17. The van der Waals surface area contributed by atoms with Crippen LogP contribution in [0.25, 0.3) is 0 Å². The maximum Gasteiger partial charge on any atom is 0.328 e. The lowest BCUT2D eigenvalue weighted by atomic mass is 10.1. The van der Waals surface area contributed by atoms with E-state index in [0.29, 0.717) is 18.0 Å². The number of nitrogens with one attached hydrogen (secondary N) is 1. The Morgan fingerprint density at radius 1 is 1.28 bits per heavy atom. The molecule has 1 atom stereocenters. The average molecular weight is 438 g/mol. The third-order valence-electron chi connectivity index (χ3n) is 5.71. The van der Waals surface area contributed by atoms with Crippen molar-refractivity contribution in [2.75, 3.05) is 19.0 Å². The fraction of sp³-hybridized carbons (Fsp3) is 0.391. The number of aromatic nitrogens is 4. The number of anilines is 1. The van der Waals surface area contributed by atoms with Crippen LogP contribution < -0.4 is 15.7 Å². The number of rotatable bonds is 9. The van der Waals surface area contributed by atoms with E-state index in [1.807, 2.05) is 0 Å². The number of carboxylic acid groups (broad SMARTS) is 1. The van der Waals surface area contributed by atoms with Crippen molar-refractivity contribution in [2.24, 2.45) is 0 Å². The number of methoxy groups -OCH3 is 1. The molecule has 1 aliphatic heterocycles. The van der Waals surface area contributed by atoms with Crippen LogP contribution in [0.5, 0.6) is 5.88 Å². The second-order valence-corrected chi connectivity index (χ2v) is 7.87. The molecule has 4 heterocycles. The third-order valence-corrected chi connectivity index (χ3v) is 5.71. The molecule has 9 heteroatoms. The highest BCUT2D eigenvalue weighted by Gasteiger charge is 2.21. The maximum atomic E-state index is 13.0. The van der Waals surface area contributed by atoms with Gasteiger partial charge in [-0.2, -0.15) is 0 Å². The highest BCUT2D eigenvalue weighted by atomic mass is 16.5. The molecule has 0 aliphatic carbocycles. The first-order valence-electron chi connectivity index (χ1n) is 10.8.